The van der Waals surface area contributed by atoms with Gasteiger partial charge in [-0.25, -0.2) is 0 Å². The molecule has 4 atom stereocenters. The summed E-state index contributed by atoms with van der Waals surface area (Å²) in [4.78, 5) is 22.9. The standard InChI is InChI=1S/C17H22O5/c18-12(8-11-4-2-1-3-5-11)6-7-13-14(9-17(21)22)16(20)10-15(13)19/h1-5,13-16,19-20H,6-10H2,(H,21,22). The molecule has 0 aromatic heterocycles. The maximum absolute atomic E-state index is 12.0. The zero-order chi connectivity index (χ0) is 16.1. The normalized spacial score (nSPS) is 27.7. The Balaban J connectivity index is 1.88. The average Bonchev–Trinajstić information content (AvgIpc) is 2.71. The lowest BCUT2D eigenvalue weighted by atomic mass is 9.86. The Hall–Kier alpha value is -1.72. The van der Waals surface area contributed by atoms with E-state index in [4.69, 9.17) is 5.11 Å². The molecule has 0 bridgehead atoms. The Kier molecular flexibility index (Phi) is 5.69. The number of hydrogen-bond donors (Lipinski definition) is 3. The molecule has 5 heteroatoms. The van der Waals surface area contributed by atoms with Crippen molar-refractivity contribution < 1.29 is 24.9 Å². The minimum atomic E-state index is -0.987. The van der Waals surface area contributed by atoms with Crippen LogP contribution in [0.5, 0.6) is 0 Å². The molecule has 1 aliphatic rings. The monoisotopic (exact) mass is 306 g/mol. The molecule has 0 spiro atoms. The lowest BCUT2D eigenvalue weighted by Crippen LogP contribution is -2.25. The summed E-state index contributed by atoms with van der Waals surface area (Å²) in [5.74, 6) is -1.73. The maximum Gasteiger partial charge on any atom is 0.303 e. The third-order valence-electron chi connectivity index (χ3n) is 4.43. The first-order valence-corrected chi connectivity index (χ1v) is 7.61. The van der Waals surface area contributed by atoms with Gasteiger partial charge in [-0.3, -0.25) is 9.59 Å². The van der Waals surface area contributed by atoms with E-state index in [2.05, 4.69) is 0 Å². The van der Waals surface area contributed by atoms with Crippen LogP contribution in [-0.4, -0.2) is 39.3 Å². The highest BCUT2D eigenvalue weighted by Crippen LogP contribution is 2.37. The van der Waals surface area contributed by atoms with E-state index in [0.29, 0.717) is 19.3 Å². The zero-order valence-corrected chi connectivity index (χ0v) is 12.4. The molecule has 4 unspecified atom stereocenters. The fraction of sp³-hybridized carbons (Fsp3) is 0.529. The number of aliphatic hydroxyl groups excluding tert-OH is 2. The number of hydrogen-bond acceptors (Lipinski definition) is 4. The van der Waals surface area contributed by atoms with Crippen LogP contribution in [0.3, 0.4) is 0 Å². The molecule has 3 N–H and O–H groups in total. The summed E-state index contributed by atoms with van der Waals surface area (Å²) in [5.41, 5.74) is 0.946. The largest absolute Gasteiger partial charge is 0.481 e. The number of carbonyl (C=O) groups is 2. The minimum absolute atomic E-state index is 0.0638. The second-order valence-corrected chi connectivity index (χ2v) is 6.04. The number of carbonyl (C=O) groups excluding carboxylic acids is 1. The number of benzene rings is 1. The summed E-state index contributed by atoms with van der Waals surface area (Å²) < 4.78 is 0. The molecule has 1 aliphatic carbocycles. The van der Waals surface area contributed by atoms with Crippen LogP contribution in [0.25, 0.3) is 0 Å². The highest BCUT2D eigenvalue weighted by molar-refractivity contribution is 5.80. The Labute approximate surface area is 129 Å². The number of aliphatic carboxylic acids is 1. The van der Waals surface area contributed by atoms with Crippen molar-refractivity contribution in [3.8, 4) is 0 Å². The van der Waals surface area contributed by atoms with Gasteiger partial charge in [0.05, 0.1) is 18.6 Å². The summed E-state index contributed by atoms with van der Waals surface area (Å²) in [6, 6.07) is 9.42. The molecule has 0 amide bonds. The first-order chi connectivity index (χ1) is 10.5. The van der Waals surface area contributed by atoms with E-state index in [1.165, 1.54) is 0 Å². The second kappa shape index (κ2) is 7.51. The quantitative estimate of drug-likeness (QED) is 0.708. The van der Waals surface area contributed by atoms with E-state index in [0.717, 1.165) is 5.56 Å². The molecular formula is C17H22O5. The van der Waals surface area contributed by atoms with Gasteiger partial charge in [-0.2, -0.15) is 0 Å². The number of carboxylic acids is 1. The van der Waals surface area contributed by atoms with Crippen molar-refractivity contribution in [2.24, 2.45) is 11.8 Å². The summed E-state index contributed by atoms with van der Waals surface area (Å²) in [6.45, 7) is 0. The van der Waals surface area contributed by atoms with Crippen molar-refractivity contribution in [2.75, 3.05) is 0 Å². The van der Waals surface area contributed by atoms with Gasteiger partial charge in [-0.1, -0.05) is 30.3 Å². The predicted octanol–water partition coefficient (Wildman–Crippen LogP) is 1.41. The number of rotatable bonds is 7. The van der Waals surface area contributed by atoms with Crippen molar-refractivity contribution in [3.63, 3.8) is 0 Å². The van der Waals surface area contributed by atoms with Crippen LogP contribution in [0.15, 0.2) is 30.3 Å². The fourth-order valence-electron chi connectivity index (χ4n) is 3.30. The number of ketones is 1. The Morgan fingerprint density at radius 3 is 2.32 bits per heavy atom. The molecule has 0 radical (unpaired) electrons. The lowest BCUT2D eigenvalue weighted by molar-refractivity contribution is -0.139. The van der Waals surface area contributed by atoms with Gasteiger partial charge in [0.15, 0.2) is 0 Å². The van der Waals surface area contributed by atoms with Gasteiger partial charge < -0.3 is 15.3 Å². The van der Waals surface area contributed by atoms with Crippen LogP contribution in [0.4, 0.5) is 0 Å². The number of Topliss-reactive ketones (excluding diaryl/α,β-unsaturated/α-hetero) is 1. The summed E-state index contributed by atoms with van der Waals surface area (Å²) in [6.07, 6.45) is -0.466. The number of aliphatic hydroxyl groups is 2. The topological polar surface area (TPSA) is 94.8 Å². The summed E-state index contributed by atoms with van der Waals surface area (Å²) >= 11 is 0. The van der Waals surface area contributed by atoms with Crippen LogP contribution in [0, 0.1) is 11.8 Å². The van der Waals surface area contributed by atoms with Crippen molar-refractivity contribution in [2.45, 2.75) is 44.3 Å². The van der Waals surface area contributed by atoms with Gasteiger partial charge in [-0.05, 0) is 24.3 Å². The van der Waals surface area contributed by atoms with E-state index in [-0.39, 0.29) is 24.5 Å². The molecule has 1 aromatic carbocycles. The Bertz CT molecular complexity index is 513. The van der Waals surface area contributed by atoms with E-state index in [1.54, 1.807) is 0 Å². The molecule has 0 aliphatic heterocycles. The molecule has 5 nitrogen and oxygen atoms in total. The van der Waals surface area contributed by atoms with E-state index < -0.39 is 24.1 Å². The average molecular weight is 306 g/mol. The molecule has 0 saturated heterocycles. The van der Waals surface area contributed by atoms with E-state index >= 15 is 0 Å². The van der Waals surface area contributed by atoms with Crippen LogP contribution < -0.4 is 0 Å². The molecular weight excluding hydrogens is 284 g/mol. The van der Waals surface area contributed by atoms with Crippen LogP contribution >= 0.6 is 0 Å². The maximum atomic E-state index is 12.0. The Morgan fingerprint density at radius 1 is 1.05 bits per heavy atom. The van der Waals surface area contributed by atoms with E-state index in [1.807, 2.05) is 30.3 Å². The molecule has 22 heavy (non-hydrogen) atoms. The molecule has 1 fully saturated rings. The zero-order valence-electron chi connectivity index (χ0n) is 12.4. The SMILES string of the molecule is O=C(O)CC1C(O)CC(O)C1CCC(=O)Cc1ccccc1. The van der Waals surface area contributed by atoms with Gasteiger partial charge in [-0.15, -0.1) is 0 Å². The molecule has 0 heterocycles. The third-order valence-corrected chi connectivity index (χ3v) is 4.43. The van der Waals surface area contributed by atoms with Crippen LogP contribution in [0.2, 0.25) is 0 Å². The predicted molar refractivity (Wildman–Crippen MR) is 80.3 cm³/mol. The van der Waals surface area contributed by atoms with Crippen molar-refractivity contribution in [1.29, 1.82) is 0 Å². The minimum Gasteiger partial charge on any atom is -0.481 e. The molecule has 120 valence electrons. The van der Waals surface area contributed by atoms with Gasteiger partial charge in [0.2, 0.25) is 0 Å². The van der Waals surface area contributed by atoms with Crippen LogP contribution in [0.1, 0.15) is 31.2 Å². The number of carboxylic acid groups (broad SMARTS) is 1. The van der Waals surface area contributed by atoms with Gasteiger partial charge in [0.1, 0.15) is 5.78 Å². The first kappa shape index (κ1) is 16.6. The summed E-state index contributed by atoms with van der Waals surface area (Å²) in [7, 11) is 0. The van der Waals surface area contributed by atoms with Crippen molar-refractivity contribution >= 4 is 11.8 Å². The van der Waals surface area contributed by atoms with Gasteiger partial charge in [0.25, 0.3) is 0 Å². The van der Waals surface area contributed by atoms with Gasteiger partial charge >= 0.3 is 5.97 Å². The molecule has 1 saturated carbocycles. The molecule has 2 rings (SSSR count). The van der Waals surface area contributed by atoms with Crippen LogP contribution in [-0.2, 0) is 16.0 Å². The Morgan fingerprint density at radius 2 is 1.68 bits per heavy atom. The first-order valence-electron chi connectivity index (χ1n) is 7.61. The van der Waals surface area contributed by atoms with Gasteiger partial charge in [0, 0.05) is 18.8 Å². The van der Waals surface area contributed by atoms with Crippen molar-refractivity contribution in [1.82, 2.24) is 0 Å². The van der Waals surface area contributed by atoms with E-state index in [9.17, 15) is 19.8 Å². The fourth-order valence-corrected chi connectivity index (χ4v) is 3.30. The van der Waals surface area contributed by atoms with Crippen molar-refractivity contribution in [3.05, 3.63) is 35.9 Å². The second-order valence-electron chi connectivity index (χ2n) is 6.04. The summed E-state index contributed by atoms with van der Waals surface area (Å²) in [5, 5.41) is 28.8. The highest BCUT2D eigenvalue weighted by atomic mass is 16.4. The highest BCUT2D eigenvalue weighted by Gasteiger charge is 2.42. The lowest BCUT2D eigenvalue weighted by Gasteiger charge is -2.21. The molecule has 1 aromatic rings. The third kappa shape index (κ3) is 4.39. The smallest absolute Gasteiger partial charge is 0.303 e.